The van der Waals surface area contributed by atoms with Gasteiger partial charge in [-0.15, -0.1) is 0 Å². The molecule has 1 nitrogen and oxygen atoms in total. The molecule has 0 aromatic rings. The number of carbonyl (C=O) groups is 1. The lowest BCUT2D eigenvalue weighted by Crippen LogP contribution is -2.23. The van der Waals surface area contributed by atoms with Gasteiger partial charge in [-0.1, -0.05) is 48.8 Å². The number of carbonyl (C=O) groups excluding carboxylic acids is 1. The summed E-state index contributed by atoms with van der Waals surface area (Å²) >= 11 is 0. The summed E-state index contributed by atoms with van der Waals surface area (Å²) in [5.41, 5.74) is 4.17. The van der Waals surface area contributed by atoms with Gasteiger partial charge in [-0.2, -0.15) is 0 Å². The summed E-state index contributed by atoms with van der Waals surface area (Å²) < 4.78 is 0. The largest absolute Gasteiger partial charge is 0.299 e. The van der Waals surface area contributed by atoms with E-state index in [4.69, 9.17) is 0 Å². The second kappa shape index (κ2) is 8.50. The predicted octanol–water partition coefficient (Wildman–Crippen LogP) is 6.41. The average Bonchev–Trinajstić information content (AvgIpc) is 2.65. The lowest BCUT2D eigenvalue weighted by Gasteiger charge is -2.23. The zero-order valence-corrected chi connectivity index (χ0v) is 15.5. The molecule has 0 radical (unpaired) electrons. The van der Waals surface area contributed by atoms with Crippen molar-refractivity contribution in [3.05, 3.63) is 34.9 Å². The van der Waals surface area contributed by atoms with Gasteiger partial charge in [0.05, 0.1) is 0 Å². The van der Waals surface area contributed by atoms with Crippen molar-refractivity contribution in [2.45, 2.75) is 80.1 Å². The van der Waals surface area contributed by atoms with Crippen LogP contribution in [0, 0.1) is 11.3 Å². The molecule has 124 valence electrons. The average molecular weight is 303 g/mol. The van der Waals surface area contributed by atoms with Gasteiger partial charge in [-0.25, -0.2) is 0 Å². The number of rotatable bonds is 7. The Hall–Kier alpha value is -1.11. The molecule has 0 aromatic carbocycles. The Labute approximate surface area is 137 Å². The second-order valence-corrected chi connectivity index (χ2v) is 7.71. The summed E-state index contributed by atoms with van der Waals surface area (Å²) in [4.78, 5) is 11.9. The highest BCUT2D eigenvalue weighted by Crippen LogP contribution is 2.41. The maximum Gasteiger partial charge on any atom is 0.139 e. The molecule has 1 aliphatic carbocycles. The highest BCUT2D eigenvalue weighted by molar-refractivity contribution is 5.86. The molecule has 22 heavy (non-hydrogen) atoms. The summed E-state index contributed by atoms with van der Waals surface area (Å²) in [6.45, 7) is 13.0. The van der Waals surface area contributed by atoms with Gasteiger partial charge in [-0.05, 0) is 65.7 Å². The third-order valence-corrected chi connectivity index (χ3v) is 4.94. The third-order valence-electron chi connectivity index (χ3n) is 4.94. The minimum absolute atomic E-state index is 0.155. The van der Waals surface area contributed by atoms with Crippen molar-refractivity contribution in [3.63, 3.8) is 0 Å². The Balaban J connectivity index is 2.42. The third kappa shape index (κ3) is 5.94. The van der Waals surface area contributed by atoms with Crippen molar-refractivity contribution in [3.8, 4) is 0 Å². The van der Waals surface area contributed by atoms with Gasteiger partial charge >= 0.3 is 0 Å². The van der Waals surface area contributed by atoms with Crippen molar-refractivity contribution in [1.82, 2.24) is 0 Å². The van der Waals surface area contributed by atoms with E-state index in [0.717, 1.165) is 38.5 Å². The van der Waals surface area contributed by atoms with Crippen LogP contribution in [0.4, 0.5) is 0 Å². The minimum Gasteiger partial charge on any atom is -0.299 e. The number of ketones is 1. The molecule has 1 saturated carbocycles. The standard InChI is InChI=1S/C21H34O/c1-16(2)9-7-10-17(3)11-8-12-18(4)15-19-13-14-20(22)21(19,5)6/h9,11,15,19H,7-8,10,12-14H2,1-6H3/b17-11+,18-15+/t19-/m0/s1. The van der Waals surface area contributed by atoms with Gasteiger partial charge in [-0.3, -0.25) is 4.79 Å². The molecule has 1 heteroatoms. The number of Topliss-reactive ketones (excluding diaryl/α,β-unsaturated/α-hetero) is 1. The summed E-state index contributed by atoms with van der Waals surface area (Å²) in [6.07, 6.45) is 13.4. The van der Waals surface area contributed by atoms with Crippen LogP contribution in [0.15, 0.2) is 34.9 Å². The number of hydrogen-bond acceptors (Lipinski definition) is 1. The molecule has 0 N–H and O–H groups in total. The smallest absolute Gasteiger partial charge is 0.139 e. The Morgan fingerprint density at radius 2 is 1.64 bits per heavy atom. The minimum atomic E-state index is -0.155. The lowest BCUT2D eigenvalue weighted by molar-refractivity contribution is -0.124. The number of allylic oxidation sites excluding steroid dienone is 6. The summed E-state index contributed by atoms with van der Waals surface area (Å²) in [5, 5.41) is 0. The fraction of sp³-hybridized carbons (Fsp3) is 0.667. The molecule has 0 amide bonds. The molecule has 1 rings (SSSR count). The van der Waals surface area contributed by atoms with Gasteiger partial charge in [0.15, 0.2) is 0 Å². The van der Waals surface area contributed by atoms with E-state index in [0.29, 0.717) is 11.7 Å². The van der Waals surface area contributed by atoms with E-state index in [1.165, 1.54) is 16.7 Å². The van der Waals surface area contributed by atoms with Crippen LogP contribution in [0.2, 0.25) is 0 Å². The van der Waals surface area contributed by atoms with Crippen LogP contribution in [-0.2, 0) is 4.79 Å². The topological polar surface area (TPSA) is 17.1 Å². The van der Waals surface area contributed by atoms with Crippen LogP contribution < -0.4 is 0 Å². The SMILES string of the molecule is CC(C)=CCC/C(C)=C/CC/C(C)=C/[C@@H]1CCC(=O)C1(C)C. The van der Waals surface area contributed by atoms with Gasteiger partial charge in [0.25, 0.3) is 0 Å². The van der Waals surface area contributed by atoms with E-state index < -0.39 is 0 Å². The van der Waals surface area contributed by atoms with Crippen molar-refractivity contribution in [2.75, 3.05) is 0 Å². The van der Waals surface area contributed by atoms with E-state index >= 15 is 0 Å². The highest BCUT2D eigenvalue weighted by atomic mass is 16.1. The first-order valence-corrected chi connectivity index (χ1v) is 8.73. The van der Waals surface area contributed by atoms with Gasteiger partial charge in [0, 0.05) is 11.8 Å². The molecule has 0 saturated heterocycles. The zero-order chi connectivity index (χ0) is 16.8. The van der Waals surface area contributed by atoms with Gasteiger partial charge in [0.2, 0.25) is 0 Å². The van der Waals surface area contributed by atoms with Crippen molar-refractivity contribution in [1.29, 1.82) is 0 Å². The van der Waals surface area contributed by atoms with E-state index in [1.807, 2.05) is 0 Å². The van der Waals surface area contributed by atoms with Crippen LogP contribution in [0.3, 0.4) is 0 Å². The maximum atomic E-state index is 11.9. The lowest BCUT2D eigenvalue weighted by atomic mass is 9.80. The monoisotopic (exact) mass is 302 g/mol. The van der Waals surface area contributed by atoms with Gasteiger partial charge < -0.3 is 0 Å². The summed E-state index contributed by atoms with van der Waals surface area (Å²) in [7, 11) is 0. The first-order chi connectivity index (χ1) is 10.2. The quantitative estimate of drug-likeness (QED) is 0.496. The van der Waals surface area contributed by atoms with Crippen LogP contribution >= 0.6 is 0 Å². The molecular formula is C21H34O. The van der Waals surface area contributed by atoms with E-state index in [-0.39, 0.29) is 5.41 Å². The zero-order valence-electron chi connectivity index (χ0n) is 15.5. The predicted molar refractivity (Wildman–Crippen MR) is 96.9 cm³/mol. The van der Waals surface area contributed by atoms with Crippen molar-refractivity contribution < 1.29 is 4.79 Å². The van der Waals surface area contributed by atoms with E-state index in [9.17, 15) is 4.79 Å². The summed E-state index contributed by atoms with van der Waals surface area (Å²) in [5.74, 6) is 0.860. The molecule has 0 aromatic heterocycles. The summed E-state index contributed by atoms with van der Waals surface area (Å²) in [6, 6.07) is 0. The fourth-order valence-corrected chi connectivity index (χ4v) is 3.13. The Morgan fingerprint density at radius 1 is 1.05 bits per heavy atom. The van der Waals surface area contributed by atoms with E-state index in [2.05, 4.69) is 59.8 Å². The molecule has 1 aliphatic rings. The Kier molecular flexibility index (Phi) is 7.32. The molecule has 0 aliphatic heterocycles. The molecule has 0 unspecified atom stereocenters. The second-order valence-electron chi connectivity index (χ2n) is 7.71. The maximum absolute atomic E-state index is 11.9. The highest BCUT2D eigenvalue weighted by Gasteiger charge is 2.40. The molecule has 1 fully saturated rings. The molecule has 0 spiro atoms. The van der Waals surface area contributed by atoms with Crippen molar-refractivity contribution >= 4 is 5.78 Å². The Morgan fingerprint density at radius 3 is 2.18 bits per heavy atom. The first-order valence-electron chi connectivity index (χ1n) is 8.73. The normalized spacial score (nSPS) is 22.1. The molecule has 0 heterocycles. The van der Waals surface area contributed by atoms with Crippen LogP contribution in [-0.4, -0.2) is 5.78 Å². The molecular weight excluding hydrogens is 268 g/mol. The van der Waals surface area contributed by atoms with Crippen LogP contribution in [0.25, 0.3) is 0 Å². The van der Waals surface area contributed by atoms with E-state index in [1.54, 1.807) is 0 Å². The van der Waals surface area contributed by atoms with Crippen LogP contribution in [0.5, 0.6) is 0 Å². The fourth-order valence-electron chi connectivity index (χ4n) is 3.13. The molecule has 1 atom stereocenters. The molecule has 0 bridgehead atoms. The van der Waals surface area contributed by atoms with Crippen molar-refractivity contribution in [2.24, 2.45) is 11.3 Å². The first kappa shape index (κ1) is 18.9. The Bertz CT molecular complexity index is 470. The van der Waals surface area contributed by atoms with Gasteiger partial charge in [0.1, 0.15) is 5.78 Å². The van der Waals surface area contributed by atoms with Crippen LogP contribution in [0.1, 0.15) is 80.1 Å². The number of hydrogen-bond donors (Lipinski definition) is 0.